The summed E-state index contributed by atoms with van der Waals surface area (Å²) >= 11 is 3.31. The van der Waals surface area contributed by atoms with Crippen molar-refractivity contribution in [3.63, 3.8) is 0 Å². The highest BCUT2D eigenvalue weighted by atomic mass is 79.9. The molecule has 0 saturated heterocycles. The third kappa shape index (κ3) is 2.89. The zero-order chi connectivity index (χ0) is 13.0. The van der Waals surface area contributed by atoms with Crippen LogP contribution in [0.4, 0.5) is 5.69 Å². The molecule has 94 valence electrons. The molecule has 0 fully saturated rings. The number of halogens is 1. The van der Waals surface area contributed by atoms with E-state index in [1.54, 1.807) is 30.7 Å². The van der Waals surface area contributed by atoms with Gasteiger partial charge in [-0.15, -0.1) is 0 Å². The molecule has 1 aromatic heterocycles. The third-order valence-electron chi connectivity index (χ3n) is 2.49. The number of nitrogens with zero attached hydrogens (tertiary/aromatic N) is 2. The zero-order valence-electron chi connectivity index (χ0n) is 9.64. The molecule has 0 bridgehead atoms. The number of nitrogens with one attached hydrogen (secondary N) is 1. The van der Waals surface area contributed by atoms with Crippen molar-refractivity contribution in [3.8, 4) is 0 Å². The zero-order valence-corrected chi connectivity index (χ0v) is 11.2. The molecule has 0 spiro atoms. The number of benzene rings is 1. The minimum absolute atomic E-state index is 0.144. The first-order chi connectivity index (χ1) is 8.68. The second-order valence-corrected chi connectivity index (χ2v) is 4.56. The number of nitrogen functional groups attached to an aromatic ring is 1. The molecule has 18 heavy (non-hydrogen) atoms. The Bertz CT molecular complexity index is 539. The molecule has 3 N–H and O–H groups in total. The quantitative estimate of drug-likeness (QED) is 0.844. The second-order valence-electron chi connectivity index (χ2n) is 3.77. The molecular formula is C12H13BrN4O. The Kier molecular flexibility index (Phi) is 3.99. The maximum absolute atomic E-state index is 11.9. The molecule has 0 aliphatic carbocycles. The number of hydrogen-bond donors (Lipinski definition) is 2. The van der Waals surface area contributed by atoms with E-state index in [1.165, 1.54) is 0 Å². The normalized spacial score (nSPS) is 10.3. The molecule has 0 radical (unpaired) electrons. The summed E-state index contributed by atoms with van der Waals surface area (Å²) in [5.74, 6) is -0.144. The number of anilines is 1. The van der Waals surface area contributed by atoms with Crippen molar-refractivity contribution in [1.82, 2.24) is 14.9 Å². The van der Waals surface area contributed by atoms with Gasteiger partial charge in [0.15, 0.2) is 0 Å². The number of carbonyl (C=O) groups excluding carboxylic acids is 1. The van der Waals surface area contributed by atoms with Crippen molar-refractivity contribution in [3.05, 3.63) is 47.0 Å². The van der Waals surface area contributed by atoms with Crippen molar-refractivity contribution in [2.24, 2.45) is 0 Å². The van der Waals surface area contributed by atoms with Crippen LogP contribution in [0.5, 0.6) is 0 Å². The first-order valence-corrected chi connectivity index (χ1v) is 6.25. The predicted molar refractivity (Wildman–Crippen MR) is 73.1 cm³/mol. The van der Waals surface area contributed by atoms with Crippen molar-refractivity contribution in [1.29, 1.82) is 0 Å². The van der Waals surface area contributed by atoms with Gasteiger partial charge in [-0.1, -0.05) is 6.07 Å². The summed E-state index contributed by atoms with van der Waals surface area (Å²) < 4.78 is 2.53. The van der Waals surface area contributed by atoms with E-state index in [0.717, 1.165) is 0 Å². The Morgan fingerprint density at radius 1 is 1.50 bits per heavy atom. The number of rotatable bonds is 4. The van der Waals surface area contributed by atoms with Crippen LogP contribution < -0.4 is 11.1 Å². The van der Waals surface area contributed by atoms with Gasteiger partial charge in [-0.25, -0.2) is 4.98 Å². The van der Waals surface area contributed by atoms with E-state index >= 15 is 0 Å². The highest BCUT2D eigenvalue weighted by molar-refractivity contribution is 9.10. The number of carbonyl (C=O) groups is 1. The van der Waals surface area contributed by atoms with Crippen molar-refractivity contribution >= 4 is 27.5 Å². The molecule has 2 rings (SSSR count). The van der Waals surface area contributed by atoms with Gasteiger partial charge in [0.25, 0.3) is 5.91 Å². The average Bonchev–Trinajstić information content (AvgIpc) is 2.85. The lowest BCUT2D eigenvalue weighted by Crippen LogP contribution is -2.27. The van der Waals surface area contributed by atoms with E-state index in [9.17, 15) is 4.79 Å². The van der Waals surface area contributed by atoms with Gasteiger partial charge in [-0.3, -0.25) is 4.79 Å². The molecule has 0 aliphatic rings. The van der Waals surface area contributed by atoms with E-state index in [1.807, 2.05) is 10.8 Å². The van der Waals surface area contributed by atoms with Gasteiger partial charge in [0.2, 0.25) is 0 Å². The second kappa shape index (κ2) is 5.68. The average molecular weight is 309 g/mol. The molecule has 2 aromatic rings. The summed E-state index contributed by atoms with van der Waals surface area (Å²) in [5, 5.41) is 2.83. The van der Waals surface area contributed by atoms with Crippen molar-refractivity contribution in [2.75, 3.05) is 12.3 Å². The van der Waals surface area contributed by atoms with Crippen LogP contribution in [0.3, 0.4) is 0 Å². The number of amides is 1. The minimum Gasteiger partial charge on any atom is -0.398 e. The number of aromatic nitrogens is 2. The standard InChI is InChI=1S/C12H13BrN4O/c13-11-9(2-1-3-10(11)14)12(18)16-5-7-17-6-4-15-8-17/h1-4,6,8H,5,7,14H2,(H,16,18). The fourth-order valence-electron chi connectivity index (χ4n) is 1.54. The lowest BCUT2D eigenvalue weighted by molar-refractivity contribution is 0.0951. The Hall–Kier alpha value is -1.82. The van der Waals surface area contributed by atoms with Crippen LogP contribution in [-0.4, -0.2) is 22.0 Å². The maximum Gasteiger partial charge on any atom is 0.252 e. The van der Waals surface area contributed by atoms with E-state index in [2.05, 4.69) is 26.2 Å². The van der Waals surface area contributed by atoms with Gasteiger partial charge < -0.3 is 15.6 Å². The van der Waals surface area contributed by atoms with Gasteiger partial charge in [0, 0.05) is 31.2 Å². The maximum atomic E-state index is 11.9. The molecule has 1 heterocycles. The van der Waals surface area contributed by atoms with Gasteiger partial charge in [0.1, 0.15) is 0 Å². The van der Waals surface area contributed by atoms with Crippen molar-refractivity contribution in [2.45, 2.75) is 6.54 Å². The summed E-state index contributed by atoms with van der Waals surface area (Å²) in [5.41, 5.74) is 6.82. The van der Waals surface area contributed by atoms with Crippen LogP contribution in [0.25, 0.3) is 0 Å². The van der Waals surface area contributed by atoms with Crippen LogP contribution in [0, 0.1) is 0 Å². The van der Waals surface area contributed by atoms with Crippen molar-refractivity contribution < 1.29 is 4.79 Å². The van der Waals surface area contributed by atoms with E-state index in [0.29, 0.717) is 28.8 Å². The largest absolute Gasteiger partial charge is 0.398 e. The first kappa shape index (κ1) is 12.6. The molecule has 0 saturated carbocycles. The molecule has 0 unspecified atom stereocenters. The smallest absolute Gasteiger partial charge is 0.252 e. The Morgan fingerprint density at radius 2 is 2.33 bits per heavy atom. The molecule has 1 amide bonds. The summed E-state index contributed by atoms with van der Waals surface area (Å²) in [6, 6.07) is 5.23. The lowest BCUT2D eigenvalue weighted by atomic mass is 10.2. The summed E-state index contributed by atoms with van der Waals surface area (Å²) in [4.78, 5) is 15.9. The lowest BCUT2D eigenvalue weighted by Gasteiger charge is -2.08. The Labute approximate surface area is 113 Å². The molecule has 0 atom stereocenters. The number of nitrogens with two attached hydrogens (primary N) is 1. The minimum atomic E-state index is -0.144. The molecule has 5 nitrogen and oxygen atoms in total. The molecular weight excluding hydrogens is 296 g/mol. The first-order valence-electron chi connectivity index (χ1n) is 5.46. The fraction of sp³-hybridized carbons (Fsp3) is 0.167. The topological polar surface area (TPSA) is 72.9 Å². The van der Waals surface area contributed by atoms with Gasteiger partial charge in [-0.2, -0.15) is 0 Å². The third-order valence-corrected chi connectivity index (χ3v) is 3.37. The predicted octanol–water partition coefficient (Wildman–Crippen LogP) is 1.66. The van der Waals surface area contributed by atoms with Crippen LogP contribution in [0.1, 0.15) is 10.4 Å². The summed E-state index contributed by atoms with van der Waals surface area (Å²) in [7, 11) is 0. The summed E-state index contributed by atoms with van der Waals surface area (Å²) in [6.07, 6.45) is 5.27. The highest BCUT2D eigenvalue weighted by Gasteiger charge is 2.10. The van der Waals surface area contributed by atoms with E-state index in [4.69, 9.17) is 5.73 Å². The number of hydrogen-bond acceptors (Lipinski definition) is 3. The summed E-state index contributed by atoms with van der Waals surface area (Å²) in [6.45, 7) is 1.22. The van der Waals surface area contributed by atoms with Crippen LogP contribution in [0.15, 0.2) is 41.4 Å². The van der Waals surface area contributed by atoms with Gasteiger partial charge in [0.05, 0.1) is 16.4 Å². The highest BCUT2D eigenvalue weighted by Crippen LogP contribution is 2.23. The molecule has 6 heteroatoms. The van der Waals surface area contributed by atoms with Gasteiger partial charge in [-0.05, 0) is 28.1 Å². The molecule has 1 aromatic carbocycles. The monoisotopic (exact) mass is 308 g/mol. The fourth-order valence-corrected chi connectivity index (χ4v) is 1.98. The van der Waals surface area contributed by atoms with Crippen LogP contribution >= 0.6 is 15.9 Å². The van der Waals surface area contributed by atoms with Crippen LogP contribution in [-0.2, 0) is 6.54 Å². The Morgan fingerprint density at radius 3 is 3.06 bits per heavy atom. The Balaban J connectivity index is 1.93. The molecule has 0 aliphatic heterocycles. The van der Waals surface area contributed by atoms with E-state index < -0.39 is 0 Å². The van der Waals surface area contributed by atoms with E-state index in [-0.39, 0.29) is 5.91 Å². The van der Waals surface area contributed by atoms with Crippen LogP contribution in [0.2, 0.25) is 0 Å². The number of imidazole rings is 1. The SMILES string of the molecule is Nc1cccc(C(=O)NCCn2ccnc2)c1Br. The van der Waals surface area contributed by atoms with Gasteiger partial charge >= 0.3 is 0 Å².